The summed E-state index contributed by atoms with van der Waals surface area (Å²) in [6.07, 6.45) is 3.63. The molecule has 1 saturated heterocycles. The van der Waals surface area contributed by atoms with E-state index in [1.807, 2.05) is 36.4 Å². The minimum Gasteiger partial charge on any atom is -0.450 e. The molecule has 3 heterocycles. The molecule has 0 N–H and O–H groups in total. The van der Waals surface area contributed by atoms with Crippen molar-refractivity contribution in [2.45, 2.75) is 19.9 Å². The number of hydrogen-bond acceptors (Lipinski definition) is 4. The maximum Gasteiger partial charge on any atom is 0.187 e. The van der Waals surface area contributed by atoms with Crippen molar-refractivity contribution in [2.75, 3.05) is 13.1 Å². The first-order valence-electron chi connectivity index (χ1n) is 7.63. The summed E-state index contributed by atoms with van der Waals surface area (Å²) in [5.74, 6) is 1.36. The predicted molar refractivity (Wildman–Crippen MR) is 100 cm³/mol. The van der Waals surface area contributed by atoms with Gasteiger partial charge in [-0.05, 0) is 82.1 Å². The van der Waals surface area contributed by atoms with Crippen LogP contribution in [0.1, 0.15) is 25.4 Å². The molecule has 6 heteroatoms. The topological polar surface area (TPSA) is 46.6 Å². The minimum atomic E-state index is 0.0342. The Morgan fingerprint density at radius 2 is 1.42 bits per heavy atom. The molecule has 0 bridgehead atoms. The zero-order chi connectivity index (χ0) is 17.3. The molecule has 0 amide bonds. The van der Waals surface area contributed by atoms with E-state index in [1.165, 1.54) is 0 Å². The van der Waals surface area contributed by atoms with Crippen molar-refractivity contribution in [2.24, 2.45) is 0 Å². The third kappa shape index (κ3) is 3.99. The zero-order valence-electron chi connectivity index (χ0n) is 13.4. The van der Waals surface area contributed by atoms with E-state index in [4.69, 9.17) is 8.83 Å². The quantitative estimate of drug-likeness (QED) is 0.601. The molecule has 4 nitrogen and oxygen atoms in total. The van der Waals surface area contributed by atoms with Gasteiger partial charge in [-0.25, -0.2) is 0 Å². The van der Waals surface area contributed by atoms with Gasteiger partial charge in [-0.2, -0.15) is 0 Å². The number of rotatable bonds is 3. The molecule has 24 heavy (non-hydrogen) atoms. The van der Waals surface area contributed by atoms with E-state index in [0.29, 0.717) is 51.1 Å². The van der Waals surface area contributed by atoms with Gasteiger partial charge < -0.3 is 8.83 Å². The maximum atomic E-state index is 12.8. The third-order valence-corrected chi connectivity index (χ3v) is 4.73. The van der Waals surface area contributed by atoms with Gasteiger partial charge in [0.2, 0.25) is 0 Å². The highest BCUT2D eigenvalue weighted by Crippen LogP contribution is 2.25. The molecule has 0 radical (unpaired) electrons. The van der Waals surface area contributed by atoms with Gasteiger partial charge in [-0.15, -0.1) is 0 Å². The fraction of sp³-hybridized carbons (Fsp3) is 0.278. The van der Waals surface area contributed by atoms with Gasteiger partial charge in [-0.3, -0.25) is 9.69 Å². The van der Waals surface area contributed by atoms with E-state index < -0.39 is 0 Å². The lowest BCUT2D eigenvalue weighted by atomic mass is 9.95. The van der Waals surface area contributed by atoms with Crippen LogP contribution in [0.4, 0.5) is 0 Å². The van der Waals surface area contributed by atoms with Gasteiger partial charge in [-0.1, -0.05) is 0 Å². The number of halogens is 2. The first-order valence-corrected chi connectivity index (χ1v) is 9.21. The van der Waals surface area contributed by atoms with Gasteiger partial charge in [0.05, 0.1) is 0 Å². The average molecular weight is 455 g/mol. The van der Waals surface area contributed by atoms with E-state index in [2.05, 4.69) is 50.6 Å². The first-order chi connectivity index (χ1) is 11.4. The minimum absolute atomic E-state index is 0.0342. The van der Waals surface area contributed by atoms with Crippen LogP contribution in [0.2, 0.25) is 0 Å². The SMILES string of the molecule is CC(C)N1CC(=Cc2ccc(Br)o2)C(=O)C(=Cc2ccc(Br)o2)C1. The second-order valence-corrected chi connectivity index (χ2v) is 7.51. The van der Waals surface area contributed by atoms with Crippen molar-refractivity contribution >= 4 is 49.8 Å². The second-order valence-electron chi connectivity index (χ2n) is 5.95. The Kier molecular flexibility index (Phi) is 5.27. The Bertz CT molecular complexity index is 752. The van der Waals surface area contributed by atoms with Crippen LogP contribution in [0.25, 0.3) is 12.2 Å². The molecule has 0 saturated carbocycles. The summed E-state index contributed by atoms with van der Waals surface area (Å²) < 4.78 is 12.3. The molecule has 126 valence electrons. The molecule has 2 aromatic heterocycles. The standard InChI is InChI=1S/C18H17Br2NO3/c1-11(2)21-9-12(7-14-3-5-16(19)23-14)18(22)13(10-21)8-15-4-6-17(20)24-15/h3-8,11H,9-10H2,1-2H3. The number of carbonyl (C=O) groups excluding carboxylic acids is 1. The van der Waals surface area contributed by atoms with Crippen LogP contribution in [-0.2, 0) is 4.79 Å². The fourth-order valence-electron chi connectivity index (χ4n) is 2.59. The number of piperidine rings is 1. The number of Topliss-reactive ketones (excluding diaryl/α,β-unsaturated/α-hetero) is 1. The monoisotopic (exact) mass is 453 g/mol. The highest BCUT2D eigenvalue weighted by atomic mass is 79.9. The van der Waals surface area contributed by atoms with Crippen LogP contribution in [-0.4, -0.2) is 29.8 Å². The molecule has 3 rings (SSSR count). The van der Waals surface area contributed by atoms with E-state index in [1.54, 1.807) is 0 Å². The van der Waals surface area contributed by atoms with Crippen LogP contribution < -0.4 is 0 Å². The fourth-order valence-corrected chi connectivity index (χ4v) is 3.22. The molecule has 0 unspecified atom stereocenters. The van der Waals surface area contributed by atoms with Crippen molar-refractivity contribution in [1.82, 2.24) is 4.90 Å². The van der Waals surface area contributed by atoms with Crippen LogP contribution >= 0.6 is 31.9 Å². The highest BCUT2D eigenvalue weighted by molar-refractivity contribution is 9.10. The van der Waals surface area contributed by atoms with Crippen LogP contribution in [0.3, 0.4) is 0 Å². The van der Waals surface area contributed by atoms with Gasteiger partial charge in [0.1, 0.15) is 11.5 Å². The summed E-state index contributed by atoms with van der Waals surface area (Å²) in [5, 5.41) is 0. The number of carbonyl (C=O) groups is 1. The number of ketones is 1. The van der Waals surface area contributed by atoms with E-state index in [9.17, 15) is 4.79 Å². The third-order valence-electron chi connectivity index (χ3n) is 3.88. The molecule has 0 aliphatic carbocycles. The second kappa shape index (κ2) is 7.25. The lowest BCUT2D eigenvalue weighted by Crippen LogP contribution is -2.41. The Balaban J connectivity index is 1.95. The molecule has 0 spiro atoms. The molecule has 1 aliphatic rings. The lowest BCUT2D eigenvalue weighted by Gasteiger charge is -2.32. The predicted octanol–water partition coefficient (Wildman–Crippen LogP) is 5.16. The van der Waals surface area contributed by atoms with Crippen molar-refractivity contribution in [3.63, 3.8) is 0 Å². The van der Waals surface area contributed by atoms with Crippen LogP contribution in [0.5, 0.6) is 0 Å². The van der Waals surface area contributed by atoms with Crippen molar-refractivity contribution in [1.29, 1.82) is 0 Å². The molecule has 0 aromatic carbocycles. The van der Waals surface area contributed by atoms with Gasteiger partial charge in [0.15, 0.2) is 15.1 Å². The first kappa shape index (κ1) is 17.5. The molecule has 1 fully saturated rings. The Morgan fingerprint density at radius 3 is 1.75 bits per heavy atom. The van der Waals surface area contributed by atoms with Crippen LogP contribution in [0.15, 0.2) is 53.6 Å². The van der Waals surface area contributed by atoms with Gasteiger partial charge in [0.25, 0.3) is 0 Å². The van der Waals surface area contributed by atoms with Gasteiger partial charge >= 0.3 is 0 Å². The zero-order valence-corrected chi connectivity index (χ0v) is 16.6. The van der Waals surface area contributed by atoms with Crippen molar-refractivity contribution in [3.8, 4) is 0 Å². The number of hydrogen-bond donors (Lipinski definition) is 0. The summed E-state index contributed by atoms with van der Waals surface area (Å²) in [4.78, 5) is 15.1. The highest BCUT2D eigenvalue weighted by Gasteiger charge is 2.28. The summed E-state index contributed by atoms with van der Waals surface area (Å²) in [6.45, 7) is 5.46. The summed E-state index contributed by atoms with van der Waals surface area (Å²) in [5.41, 5.74) is 1.43. The Labute approximate surface area is 157 Å². The number of nitrogens with zero attached hydrogens (tertiary/aromatic N) is 1. The Morgan fingerprint density at radius 1 is 0.958 bits per heavy atom. The Hall–Kier alpha value is -1.37. The summed E-state index contributed by atoms with van der Waals surface area (Å²) in [6, 6.07) is 7.64. The number of likely N-dealkylation sites (tertiary alicyclic amines) is 1. The van der Waals surface area contributed by atoms with Gasteiger partial charge in [0, 0.05) is 30.3 Å². The summed E-state index contributed by atoms with van der Waals surface area (Å²) >= 11 is 6.57. The smallest absolute Gasteiger partial charge is 0.187 e. The van der Waals surface area contributed by atoms with E-state index in [0.717, 1.165) is 0 Å². The lowest BCUT2D eigenvalue weighted by molar-refractivity contribution is -0.113. The molecule has 1 aliphatic heterocycles. The molecule has 0 atom stereocenters. The summed E-state index contributed by atoms with van der Waals surface area (Å²) in [7, 11) is 0. The van der Waals surface area contributed by atoms with E-state index >= 15 is 0 Å². The van der Waals surface area contributed by atoms with Crippen LogP contribution in [0, 0.1) is 0 Å². The molecular weight excluding hydrogens is 438 g/mol. The normalized spacial score (nSPS) is 19.8. The van der Waals surface area contributed by atoms with E-state index in [-0.39, 0.29) is 5.78 Å². The maximum absolute atomic E-state index is 12.8. The largest absolute Gasteiger partial charge is 0.450 e. The number of furan rings is 2. The molecule has 2 aromatic rings. The van der Waals surface area contributed by atoms with Crippen molar-refractivity contribution < 1.29 is 13.6 Å². The average Bonchev–Trinajstić information content (AvgIpc) is 3.11. The van der Waals surface area contributed by atoms with Crippen molar-refractivity contribution in [3.05, 3.63) is 56.3 Å². The molecular formula is C18H17Br2NO3.